The van der Waals surface area contributed by atoms with Gasteiger partial charge in [0.05, 0.1) is 4.88 Å². The maximum atomic E-state index is 4.32. The highest BCUT2D eigenvalue weighted by Gasteiger charge is 2.17. The lowest BCUT2D eigenvalue weighted by Crippen LogP contribution is -2.13. The number of nitrogens with zero attached hydrogens (tertiary/aromatic N) is 2. The second kappa shape index (κ2) is 5.47. The van der Waals surface area contributed by atoms with Crippen LogP contribution in [-0.2, 0) is 19.4 Å². The van der Waals surface area contributed by atoms with Crippen LogP contribution in [0.3, 0.4) is 0 Å². The monoisotopic (exact) mass is 279 g/mol. The molecule has 0 atom stereocenters. The van der Waals surface area contributed by atoms with Crippen LogP contribution in [0.25, 0.3) is 9.88 Å². The van der Waals surface area contributed by atoms with E-state index in [0.717, 1.165) is 29.5 Å². The van der Waals surface area contributed by atoms with Crippen LogP contribution in [0.4, 0.5) is 0 Å². The Morgan fingerprint density at radius 3 is 3.06 bits per heavy atom. The van der Waals surface area contributed by atoms with Crippen molar-refractivity contribution >= 4 is 22.7 Å². The highest BCUT2D eigenvalue weighted by Crippen LogP contribution is 2.37. The minimum absolute atomic E-state index is 0.844. The quantitative estimate of drug-likeness (QED) is 0.854. The summed E-state index contributed by atoms with van der Waals surface area (Å²) in [6.45, 7) is 4.06. The molecule has 5 heteroatoms. The molecule has 2 heterocycles. The van der Waals surface area contributed by atoms with E-state index in [-0.39, 0.29) is 0 Å². The van der Waals surface area contributed by atoms with Crippen LogP contribution in [0.5, 0.6) is 0 Å². The third-order valence-electron chi connectivity index (χ3n) is 3.13. The Balaban J connectivity index is 1.72. The van der Waals surface area contributed by atoms with Gasteiger partial charge in [0.25, 0.3) is 0 Å². The molecule has 2 aromatic rings. The molecule has 0 radical (unpaired) electrons. The van der Waals surface area contributed by atoms with E-state index in [9.17, 15) is 0 Å². The Hall–Kier alpha value is -0.780. The first-order valence-corrected chi connectivity index (χ1v) is 8.15. The van der Waals surface area contributed by atoms with Crippen molar-refractivity contribution in [2.75, 3.05) is 6.54 Å². The summed E-state index contributed by atoms with van der Waals surface area (Å²) in [5.41, 5.74) is 1.54. The molecule has 0 fully saturated rings. The molecule has 0 aromatic carbocycles. The largest absolute Gasteiger partial charge is 0.310 e. The molecule has 3 rings (SSSR count). The summed E-state index contributed by atoms with van der Waals surface area (Å²) < 4.78 is 0. The van der Waals surface area contributed by atoms with Gasteiger partial charge in [-0.05, 0) is 43.9 Å². The van der Waals surface area contributed by atoms with Crippen LogP contribution in [0, 0.1) is 0 Å². The van der Waals surface area contributed by atoms with Gasteiger partial charge in [-0.15, -0.1) is 21.5 Å². The zero-order valence-corrected chi connectivity index (χ0v) is 12.2. The van der Waals surface area contributed by atoms with Crippen LogP contribution in [0.2, 0.25) is 0 Å². The molecule has 18 heavy (non-hydrogen) atoms. The number of aryl methyl sites for hydroxylation is 2. The van der Waals surface area contributed by atoms with Crippen LogP contribution in [-0.4, -0.2) is 16.7 Å². The molecular weight excluding hydrogens is 262 g/mol. The van der Waals surface area contributed by atoms with Gasteiger partial charge >= 0.3 is 0 Å². The topological polar surface area (TPSA) is 37.8 Å². The molecule has 0 spiro atoms. The third kappa shape index (κ3) is 2.48. The van der Waals surface area contributed by atoms with Crippen molar-refractivity contribution in [3.05, 3.63) is 21.5 Å². The summed E-state index contributed by atoms with van der Waals surface area (Å²) in [6, 6.07) is 2.32. The van der Waals surface area contributed by atoms with Gasteiger partial charge < -0.3 is 5.32 Å². The van der Waals surface area contributed by atoms with Crippen molar-refractivity contribution in [1.82, 2.24) is 15.5 Å². The summed E-state index contributed by atoms with van der Waals surface area (Å²) in [5, 5.41) is 14.1. The van der Waals surface area contributed by atoms with Gasteiger partial charge in [0.15, 0.2) is 5.01 Å². The molecule has 0 amide bonds. The minimum Gasteiger partial charge on any atom is -0.310 e. The van der Waals surface area contributed by atoms with E-state index < -0.39 is 0 Å². The van der Waals surface area contributed by atoms with E-state index in [1.807, 2.05) is 11.3 Å². The Bertz CT molecular complexity index is 509. The van der Waals surface area contributed by atoms with Gasteiger partial charge in [-0.25, -0.2) is 0 Å². The van der Waals surface area contributed by atoms with E-state index in [1.165, 1.54) is 29.7 Å². The van der Waals surface area contributed by atoms with Crippen molar-refractivity contribution in [3.8, 4) is 9.88 Å². The van der Waals surface area contributed by atoms with Crippen molar-refractivity contribution in [1.29, 1.82) is 0 Å². The summed E-state index contributed by atoms with van der Waals surface area (Å²) in [4.78, 5) is 2.87. The van der Waals surface area contributed by atoms with Crippen molar-refractivity contribution < 1.29 is 0 Å². The first-order chi connectivity index (χ1) is 8.86. The highest BCUT2D eigenvalue weighted by atomic mass is 32.1. The molecular formula is C13H17N3S2. The van der Waals surface area contributed by atoms with E-state index in [1.54, 1.807) is 16.2 Å². The molecule has 3 nitrogen and oxygen atoms in total. The van der Waals surface area contributed by atoms with E-state index >= 15 is 0 Å². The van der Waals surface area contributed by atoms with E-state index in [4.69, 9.17) is 0 Å². The lowest BCUT2D eigenvalue weighted by molar-refractivity contribution is 0.668. The van der Waals surface area contributed by atoms with Crippen LogP contribution >= 0.6 is 22.7 Å². The summed E-state index contributed by atoms with van der Waals surface area (Å²) >= 11 is 3.62. The lowest BCUT2D eigenvalue weighted by atomic mass is 10.2. The Kier molecular flexibility index (Phi) is 3.72. The van der Waals surface area contributed by atoms with Gasteiger partial charge in [0.2, 0.25) is 0 Å². The smallest absolute Gasteiger partial charge is 0.157 e. The van der Waals surface area contributed by atoms with Crippen LogP contribution in [0.15, 0.2) is 6.07 Å². The number of hydrogen-bond donors (Lipinski definition) is 1. The SMILES string of the molecule is CCCNCc1nnc(-c2cc3c(s2)CCC3)s1. The number of fused-ring (bicyclic) bond motifs is 1. The predicted molar refractivity (Wildman–Crippen MR) is 77.2 cm³/mol. The summed E-state index contributed by atoms with van der Waals surface area (Å²) in [5.74, 6) is 0. The van der Waals surface area contributed by atoms with Gasteiger partial charge in [-0.1, -0.05) is 18.3 Å². The summed E-state index contributed by atoms with van der Waals surface area (Å²) in [7, 11) is 0. The number of hydrogen-bond acceptors (Lipinski definition) is 5. The maximum Gasteiger partial charge on any atom is 0.157 e. The standard InChI is InChI=1S/C13H17N3S2/c1-2-6-14-8-12-15-16-13(18-12)11-7-9-4-3-5-10(9)17-11/h7,14H,2-6,8H2,1H3. The van der Waals surface area contributed by atoms with Gasteiger partial charge in [0.1, 0.15) is 5.01 Å². The molecule has 0 unspecified atom stereocenters. The average Bonchev–Trinajstić information content (AvgIpc) is 3.02. The second-order valence-electron chi connectivity index (χ2n) is 4.59. The first kappa shape index (κ1) is 12.3. The van der Waals surface area contributed by atoms with E-state index in [0.29, 0.717) is 0 Å². The Labute approximate surface area is 115 Å². The number of rotatable bonds is 5. The van der Waals surface area contributed by atoms with Crippen LogP contribution < -0.4 is 5.32 Å². The Morgan fingerprint density at radius 2 is 2.22 bits per heavy atom. The molecule has 1 aliphatic carbocycles. The fourth-order valence-corrected chi connectivity index (χ4v) is 4.33. The molecule has 0 saturated heterocycles. The van der Waals surface area contributed by atoms with Gasteiger partial charge in [-0.2, -0.15) is 0 Å². The molecule has 0 saturated carbocycles. The normalized spacial score (nSPS) is 14.1. The molecule has 0 aliphatic heterocycles. The number of aromatic nitrogens is 2. The Morgan fingerprint density at radius 1 is 1.28 bits per heavy atom. The fraction of sp³-hybridized carbons (Fsp3) is 0.538. The average molecular weight is 279 g/mol. The van der Waals surface area contributed by atoms with Gasteiger partial charge in [-0.3, -0.25) is 0 Å². The number of thiophene rings is 1. The first-order valence-electron chi connectivity index (χ1n) is 6.52. The molecule has 1 aliphatic rings. The predicted octanol–water partition coefficient (Wildman–Crippen LogP) is 3.25. The van der Waals surface area contributed by atoms with Gasteiger partial charge in [0, 0.05) is 11.4 Å². The maximum absolute atomic E-state index is 4.32. The second-order valence-corrected chi connectivity index (χ2v) is 6.79. The third-order valence-corrected chi connectivity index (χ3v) is 5.46. The highest BCUT2D eigenvalue weighted by molar-refractivity contribution is 7.21. The zero-order chi connectivity index (χ0) is 12.4. The van der Waals surface area contributed by atoms with Crippen molar-refractivity contribution in [3.63, 3.8) is 0 Å². The summed E-state index contributed by atoms with van der Waals surface area (Å²) in [6.07, 6.45) is 4.98. The zero-order valence-electron chi connectivity index (χ0n) is 10.5. The van der Waals surface area contributed by atoms with Crippen LogP contribution in [0.1, 0.15) is 35.2 Å². The fourth-order valence-electron chi connectivity index (χ4n) is 2.23. The molecule has 1 N–H and O–H groups in total. The van der Waals surface area contributed by atoms with Crippen molar-refractivity contribution in [2.45, 2.75) is 39.2 Å². The lowest BCUT2D eigenvalue weighted by Gasteiger charge is -1.96. The minimum atomic E-state index is 0.844. The molecule has 96 valence electrons. The van der Waals surface area contributed by atoms with Crippen molar-refractivity contribution in [2.24, 2.45) is 0 Å². The molecule has 0 bridgehead atoms. The van der Waals surface area contributed by atoms with E-state index in [2.05, 4.69) is 28.5 Å². The molecule has 2 aromatic heterocycles. The number of nitrogens with one attached hydrogen (secondary N) is 1.